The molecule has 0 N–H and O–H groups in total. The summed E-state index contributed by atoms with van der Waals surface area (Å²) in [6, 6.07) is 11.0. The van der Waals surface area contributed by atoms with E-state index in [-0.39, 0.29) is 19.3 Å². The first kappa shape index (κ1) is 32.2. The summed E-state index contributed by atoms with van der Waals surface area (Å²) >= 11 is 0. The van der Waals surface area contributed by atoms with Gasteiger partial charge in [0, 0.05) is 75.4 Å². The molecule has 242 valence electrons. The summed E-state index contributed by atoms with van der Waals surface area (Å²) < 4.78 is 20.2. The molecule has 46 heavy (non-hydrogen) atoms. The van der Waals surface area contributed by atoms with E-state index in [0.29, 0.717) is 41.8 Å². The predicted octanol–water partition coefficient (Wildman–Crippen LogP) is 4.51. The fourth-order valence-electron chi connectivity index (χ4n) is 5.67. The minimum Gasteiger partial charge on any atom is -0.500 e. The van der Waals surface area contributed by atoms with Gasteiger partial charge in [0.15, 0.2) is 0 Å². The largest absolute Gasteiger partial charge is 0.500 e. The third-order valence-corrected chi connectivity index (χ3v) is 8.15. The molecule has 1 fully saturated rings. The molecule has 0 unspecified atom stereocenters. The highest BCUT2D eigenvalue weighted by Crippen LogP contribution is 2.49. The molecule has 0 spiro atoms. The molecule has 0 radical (unpaired) electrons. The SMILES string of the molecule is C=[N+](C)[C-]1C=CC2=C(c3cc(OC)c(N(CC)CCCC(=O)ON4C(=O)CCC4=O)cc3OC)c3ccc(N(C)C)cc3OC2=C1. The third kappa shape index (κ3) is 6.30. The lowest BCUT2D eigenvalue weighted by Crippen LogP contribution is -2.32. The van der Waals surface area contributed by atoms with Gasteiger partial charge in [0.1, 0.15) is 30.3 Å². The lowest BCUT2D eigenvalue weighted by atomic mass is 9.86. The van der Waals surface area contributed by atoms with Crippen LogP contribution in [0.1, 0.15) is 43.7 Å². The lowest BCUT2D eigenvalue weighted by molar-refractivity contribution is -0.457. The maximum atomic E-state index is 12.4. The Hall–Kier alpha value is -5.19. The van der Waals surface area contributed by atoms with E-state index in [1.165, 1.54) is 0 Å². The van der Waals surface area contributed by atoms with Gasteiger partial charge >= 0.3 is 5.97 Å². The van der Waals surface area contributed by atoms with Gasteiger partial charge in [0.25, 0.3) is 11.8 Å². The number of carbonyl (C=O) groups is 3. The van der Waals surface area contributed by atoms with Crippen LogP contribution in [-0.2, 0) is 19.2 Å². The Balaban J connectivity index is 1.48. The van der Waals surface area contributed by atoms with Crippen molar-refractivity contribution in [1.29, 1.82) is 0 Å². The van der Waals surface area contributed by atoms with Crippen molar-refractivity contribution in [2.45, 2.75) is 32.6 Å². The molecule has 2 heterocycles. The van der Waals surface area contributed by atoms with E-state index in [1.54, 1.807) is 18.8 Å². The minimum atomic E-state index is -0.626. The lowest BCUT2D eigenvalue weighted by Gasteiger charge is -2.33. The summed E-state index contributed by atoms with van der Waals surface area (Å²) in [6.45, 7) is 7.17. The molecule has 0 bridgehead atoms. The number of nitrogens with zero attached hydrogens (tertiary/aromatic N) is 4. The number of ether oxygens (including phenoxy) is 3. The van der Waals surface area contributed by atoms with E-state index in [9.17, 15) is 14.4 Å². The van der Waals surface area contributed by atoms with Crippen molar-refractivity contribution >= 4 is 41.4 Å². The number of hydroxylamine groups is 2. The Morgan fingerprint density at radius 3 is 2.41 bits per heavy atom. The molecule has 0 aromatic heterocycles. The number of allylic oxidation sites excluding steroid dienone is 1. The molecule has 2 aromatic rings. The zero-order chi connectivity index (χ0) is 33.1. The zero-order valence-corrected chi connectivity index (χ0v) is 27.2. The normalized spacial score (nSPS) is 15.2. The Morgan fingerprint density at radius 1 is 1.07 bits per heavy atom. The van der Waals surface area contributed by atoms with E-state index in [2.05, 4.69) is 23.8 Å². The number of benzene rings is 2. The summed E-state index contributed by atoms with van der Waals surface area (Å²) in [7, 11) is 9.13. The molecule has 1 saturated heterocycles. The van der Waals surface area contributed by atoms with Crippen molar-refractivity contribution in [3.63, 3.8) is 0 Å². The fraction of sp³-hybridized carbons (Fsp3) is 0.343. The summed E-state index contributed by atoms with van der Waals surface area (Å²) in [4.78, 5) is 45.2. The summed E-state index contributed by atoms with van der Waals surface area (Å²) in [5, 5.41) is 0.580. The number of anilines is 2. The number of likely N-dealkylation sites (N-methyl/N-ethyl adjacent to an activating group) is 1. The van der Waals surface area contributed by atoms with Crippen LogP contribution in [0, 0.1) is 6.04 Å². The number of fused-ring (bicyclic) bond motifs is 2. The quantitative estimate of drug-likeness (QED) is 0.146. The van der Waals surface area contributed by atoms with Crippen molar-refractivity contribution in [3.8, 4) is 17.2 Å². The van der Waals surface area contributed by atoms with E-state index in [0.717, 1.165) is 45.4 Å². The van der Waals surface area contributed by atoms with Gasteiger partial charge in [-0.25, -0.2) is 4.79 Å². The number of hydrogen-bond acceptors (Lipinski definition) is 9. The van der Waals surface area contributed by atoms with Crippen LogP contribution in [0.15, 0.2) is 59.9 Å². The van der Waals surface area contributed by atoms with Crippen LogP contribution in [0.3, 0.4) is 0 Å². The topological polar surface area (TPSA) is 101 Å². The highest BCUT2D eigenvalue weighted by Gasteiger charge is 2.33. The smallest absolute Gasteiger partial charge is 0.333 e. The molecule has 0 atom stereocenters. The molecule has 3 aliphatic rings. The van der Waals surface area contributed by atoms with Crippen LogP contribution < -0.4 is 24.0 Å². The summed E-state index contributed by atoms with van der Waals surface area (Å²) in [5.41, 5.74) is 5.41. The molecular weight excluding hydrogens is 588 g/mol. The van der Waals surface area contributed by atoms with Crippen LogP contribution in [0.25, 0.3) is 5.57 Å². The van der Waals surface area contributed by atoms with Crippen LogP contribution in [-0.4, -0.2) is 82.6 Å². The maximum absolute atomic E-state index is 12.4. The van der Waals surface area contributed by atoms with Crippen molar-refractivity contribution in [3.05, 3.63) is 77.1 Å². The number of hydrogen-bond donors (Lipinski definition) is 0. The Labute approximate surface area is 269 Å². The van der Waals surface area contributed by atoms with Crippen LogP contribution in [0.4, 0.5) is 11.4 Å². The molecule has 2 aliphatic heterocycles. The van der Waals surface area contributed by atoms with Gasteiger partial charge in [-0.3, -0.25) is 14.2 Å². The van der Waals surface area contributed by atoms with Crippen molar-refractivity contribution in [2.75, 3.05) is 58.3 Å². The van der Waals surface area contributed by atoms with Crippen molar-refractivity contribution in [2.24, 2.45) is 0 Å². The number of amides is 2. The van der Waals surface area contributed by atoms with Gasteiger partial charge in [-0.05, 0) is 43.2 Å². The molecule has 2 amide bonds. The first-order chi connectivity index (χ1) is 22.1. The highest BCUT2D eigenvalue weighted by molar-refractivity contribution is 6.01. The third-order valence-electron chi connectivity index (χ3n) is 8.15. The number of imide groups is 1. The Kier molecular flexibility index (Phi) is 9.41. The standard InChI is InChI=1S/C35H40N4O7/c1-8-38(17-9-10-34(42)46-39-32(40)15-16-33(39)41)27-21-28(43-6)26(20-31(27)44-7)35-24-13-11-22(36(2)3)18-29(24)45-30-19-23(37(4)5)12-14-25(30)35/h11-14,18-21H,2,8-10,15-17H2,1,3-7H3. The maximum Gasteiger partial charge on any atom is 0.333 e. The van der Waals surface area contributed by atoms with Gasteiger partial charge < -0.3 is 28.8 Å². The van der Waals surface area contributed by atoms with Crippen molar-refractivity contribution in [1.82, 2.24) is 5.06 Å². The molecule has 11 nitrogen and oxygen atoms in total. The van der Waals surface area contributed by atoms with E-state index in [1.807, 2.05) is 69.4 Å². The number of rotatable bonds is 12. The molecule has 11 heteroatoms. The predicted molar refractivity (Wildman–Crippen MR) is 175 cm³/mol. The summed E-state index contributed by atoms with van der Waals surface area (Å²) in [5.74, 6) is 1.09. The first-order valence-electron chi connectivity index (χ1n) is 15.2. The second-order valence-electron chi connectivity index (χ2n) is 11.4. The average Bonchev–Trinajstić information content (AvgIpc) is 3.36. The molecule has 1 aliphatic carbocycles. The highest BCUT2D eigenvalue weighted by atomic mass is 16.7. The number of methoxy groups -OCH3 is 2. The van der Waals surface area contributed by atoms with E-state index >= 15 is 0 Å². The Bertz CT molecular complexity index is 1660. The number of carbonyl (C=O) groups excluding carboxylic acids is 3. The van der Waals surface area contributed by atoms with Crippen LogP contribution in [0.5, 0.6) is 17.2 Å². The van der Waals surface area contributed by atoms with Gasteiger partial charge in [0.2, 0.25) is 0 Å². The van der Waals surface area contributed by atoms with Gasteiger partial charge in [-0.2, -0.15) is 0 Å². The minimum absolute atomic E-state index is 0.0377. The van der Waals surface area contributed by atoms with Crippen LogP contribution in [0.2, 0.25) is 0 Å². The van der Waals surface area contributed by atoms with E-state index in [4.69, 9.17) is 19.0 Å². The molecule has 5 rings (SSSR count). The monoisotopic (exact) mass is 628 g/mol. The van der Waals surface area contributed by atoms with Crippen molar-refractivity contribution < 1.29 is 38.0 Å². The van der Waals surface area contributed by atoms with E-state index < -0.39 is 17.8 Å². The van der Waals surface area contributed by atoms with Crippen LogP contribution >= 0.6 is 0 Å². The zero-order valence-electron chi connectivity index (χ0n) is 27.2. The molecule has 0 saturated carbocycles. The second kappa shape index (κ2) is 13.4. The second-order valence-corrected chi connectivity index (χ2v) is 11.4. The first-order valence-corrected chi connectivity index (χ1v) is 15.2. The molecular formula is C35H40N4O7. The molecule has 2 aromatic carbocycles. The van der Waals surface area contributed by atoms with Gasteiger partial charge in [0.05, 0.1) is 32.4 Å². The van der Waals surface area contributed by atoms with Gasteiger partial charge in [-0.15, -0.1) is 11.1 Å². The Morgan fingerprint density at radius 2 is 1.78 bits per heavy atom. The fourth-order valence-corrected chi connectivity index (χ4v) is 5.67. The average molecular weight is 629 g/mol. The van der Waals surface area contributed by atoms with Gasteiger partial charge in [-0.1, -0.05) is 11.6 Å². The summed E-state index contributed by atoms with van der Waals surface area (Å²) in [6.07, 6.45) is 6.60.